The van der Waals surface area contributed by atoms with Crippen LogP contribution in [0.25, 0.3) is 0 Å². The van der Waals surface area contributed by atoms with Gasteiger partial charge in [0.1, 0.15) is 5.75 Å². The summed E-state index contributed by atoms with van der Waals surface area (Å²) < 4.78 is 5.45. The fourth-order valence-corrected chi connectivity index (χ4v) is 2.70. The van der Waals surface area contributed by atoms with Gasteiger partial charge in [-0.3, -0.25) is 4.98 Å². The number of nitrogens with zero attached hydrogens (tertiary/aromatic N) is 1. The van der Waals surface area contributed by atoms with E-state index >= 15 is 0 Å². The van der Waals surface area contributed by atoms with Gasteiger partial charge in [-0.15, -0.1) is 0 Å². The maximum atomic E-state index is 9.66. The second kappa shape index (κ2) is 7.23. The molecule has 2 rings (SSSR count). The van der Waals surface area contributed by atoms with Crippen LogP contribution in [-0.4, -0.2) is 23.8 Å². The Kier molecular flexibility index (Phi) is 5.34. The Morgan fingerprint density at radius 1 is 1.14 bits per heavy atom. The number of rotatable bonds is 6. The summed E-state index contributed by atoms with van der Waals surface area (Å²) in [4.78, 5) is 4.52. The molecule has 1 heterocycles. The maximum Gasteiger partial charge on any atom is 0.128 e. The highest BCUT2D eigenvalue weighted by molar-refractivity contribution is 5.41. The van der Waals surface area contributed by atoms with E-state index in [9.17, 15) is 5.11 Å². The number of benzene rings is 1. The summed E-state index contributed by atoms with van der Waals surface area (Å²) >= 11 is 0. The fraction of sp³-hybridized carbons (Fsp3) is 0.389. The normalized spacial score (nSPS) is 12.2. The molecule has 3 heteroatoms. The standard InChI is InChI=1S/C18H23NO2/c1-13-11-19-17(14(2)18(13)21-3)10-16(12-20)9-15-7-5-4-6-8-15/h4-8,11,16,20H,9-10,12H2,1-3H3. The van der Waals surface area contributed by atoms with Crippen molar-refractivity contribution < 1.29 is 9.84 Å². The number of ether oxygens (including phenoxy) is 1. The summed E-state index contributed by atoms with van der Waals surface area (Å²) in [6.07, 6.45) is 3.46. The molecule has 0 saturated heterocycles. The number of hydrogen-bond acceptors (Lipinski definition) is 3. The molecule has 0 spiro atoms. The highest BCUT2D eigenvalue weighted by Crippen LogP contribution is 2.26. The monoisotopic (exact) mass is 285 g/mol. The molecule has 1 aromatic carbocycles. The molecule has 0 saturated carbocycles. The van der Waals surface area contributed by atoms with E-state index in [1.54, 1.807) is 7.11 Å². The van der Waals surface area contributed by atoms with Gasteiger partial charge in [0, 0.05) is 29.6 Å². The maximum absolute atomic E-state index is 9.66. The van der Waals surface area contributed by atoms with Crippen molar-refractivity contribution in [3.8, 4) is 5.75 Å². The van der Waals surface area contributed by atoms with Crippen molar-refractivity contribution in [3.63, 3.8) is 0 Å². The molecule has 0 radical (unpaired) electrons. The minimum atomic E-state index is 0.159. The van der Waals surface area contributed by atoms with Crippen molar-refractivity contribution in [2.75, 3.05) is 13.7 Å². The lowest BCUT2D eigenvalue weighted by molar-refractivity contribution is 0.224. The Morgan fingerprint density at radius 3 is 2.48 bits per heavy atom. The Bertz CT molecular complexity index is 581. The quantitative estimate of drug-likeness (QED) is 0.887. The minimum Gasteiger partial charge on any atom is -0.496 e. The summed E-state index contributed by atoms with van der Waals surface area (Å²) in [7, 11) is 1.69. The molecule has 112 valence electrons. The number of aliphatic hydroxyl groups is 1. The van der Waals surface area contributed by atoms with Crippen molar-refractivity contribution in [3.05, 3.63) is 58.9 Å². The van der Waals surface area contributed by atoms with E-state index < -0.39 is 0 Å². The highest BCUT2D eigenvalue weighted by atomic mass is 16.5. The van der Waals surface area contributed by atoms with Gasteiger partial charge in [0.15, 0.2) is 0 Å². The third-order valence-corrected chi connectivity index (χ3v) is 3.86. The second-order valence-corrected chi connectivity index (χ2v) is 5.49. The van der Waals surface area contributed by atoms with Gasteiger partial charge < -0.3 is 9.84 Å². The van der Waals surface area contributed by atoms with Gasteiger partial charge in [-0.1, -0.05) is 30.3 Å². The molecule has 2 aromatic rings. The van der Waals surface area contributed by atoms with Gasteiger partial charge in [-0.25, -0.2) is 0 Å². The first kappa shape index (κ1) is 15.5. The zero-order valence-corrected chi connectivity index (χ0v) is 13.0. The van der Waals surface area contributed by atoms with E-state index in [1.165, 1.54) is 5.56 Å². The van der Waals surface area contributed by atoms with Crippen LogP contribution in [0.3, 0.4) is 0 Å². The molecule has 1 N–H and O–H groups in total. The van der Waals surface area contributed by atoms with E-state index in [1.807, 2.05) is 38.2 Å². The van der Waals surface area contributed by atoms with Gasteiger partial charge in [0.05, 0.1) is 7.11 Å². The second-order valence-electron chi connectivity index (χ2n) is 5.49. The molecule has 0 aliphatic heterocycles. The lowest BCUT2D eigenvalue weighted by atomic mass is 9.93. The van der Waals surface area contributed by atoms with Gasteiger partial charge in [0.2, 0.25) is 0 Å². The third-order valence-electron chi connectivity index (χ3n) is 3.86. The van der Waals surface area contributed by atoms with E-state index in [0.717, 1.165) is 35.4 Å². The van der Waals surface area contributed by atoms with E-state index in [-0.39, 0.29) is 12.5 Å². The predicted octanol–water partition coefficient (Wildman–Crippen LogP) is 3.10. The zero-order valence-electron chi connectivity index (χ0n) is 13.0. The highest BCUT2D eigenvalue weighted by Gasteiger charge is 2.15. The van der Waals surface area contributed by atoms with Crippen LogP contribution in [0.1, 0.15) is 22.4 Å². The van der Waals surface area contributed by atoms with E-state index in [2.05, 4.69) is 17.1 Å². The molecule has 1 unspecified atom stereocenters. The van der Waals surface area contributed by atoms with Crippen LogP contribution < -0.4 is 4.74 Å². The third kappa shape index (κ3) is 3.82. The van der Waals surface area contributed by atoms with E-state index in [4.69, 9.17) is 4.74 Å². The largest absolute Gasteiger partial charge is 0.496 e. The Hall–Kier alpha value is -1.87. The molecular formula is C18H23NO2. The predicted molar refractivity (Wildman–Crippen MR) is 84.7 cm³/mol. The Balaban J connectivity index is 2.15. The van der Waals surface area contributed by atoms with Crippen molar-refractivity contribution in [2.24, 2.45) is 5.92 Å². The topological polar surface area (TPSA) is 42.4 Å². The zero-order chi connectivity index (χ0) is 15.2. The molecule has 0 aliphatic rings. The number of aromatic nitrogens is 1. The Morgan fingerprint density at radius 2 is 1.86 bits per heavy atom. The van der Waals surface area contributed by atoms with Crippen LogP contribution >= 0.6 is 0 Å². The number of aliphatic hydroxyl groups excluding tert-OH is 1. The molecule has 3 nitrogen and oxygen atoms in total. The van der Waals surface area contributed by atoms with Gasteiger partial charge in [0.25, 0.3) is 0 Å². The first-order valence-electron chi connectivity index (χ1n) is 7.29. The molecule has 0 bridgehead atoms. The van der Waals surface area contributed by atoms with Gasteiger partial charge in [-0.05, 0) is 38.2 Å². The van der Waals surface area contributed by atoms with Crippen molar-refractivity contribution in [1.29, 1.82) is 0 Å². The molecule has 0 aliphatic carbocycles. The molecular weight excluding hydrogens is 262 g/mol. The first-order chi connectivity index (χ1) is 10.2. The number of hydrogen-bond donors (Lipinski definition) is 1. The summed E-state index contributed by atoms with van der Waals surface area (Å²) in [5.41, 5.74) is 4.37. The average molecular weight is 285 g/mol. The van der Waals surface area contributed by atoms with Gasteiger partial charge in [-0.2, -0.15) is 0 Å². The van der Waals surface area contributed by atoms with Crippen LogP contribution in [-0.2, 0) is 12.8 Å². The SMILES string of the molecule is COc1c(C)cnc(CC(CO)Cc2ccccc2)c1C. The van der Waals surface area contributed by atoms with Crippen LogP contribution in [0.15, 0.2) is 36.5 Å². The smallest absolute Gasteiger partial charge is 0.128 e. The molecule has 0 fully saturated rings. The minimum absolute atomic E-state index is 0.159. The molecule has 21 heavy (non-hydrogen) atoms. The Labute approximate surface area is 126 Å². The average Bonchev–Trinajstić information content (AvgIpc) is 2.50. The van der Waals surface area contributed by atoms with Crippen molar-refractivity contribution in [1.82, 2.24) is 4.98 Å². The summed E-state index contributed by atoms with van der Waals surface area (Å²) in [5, 5.41) is 9.66. The van der Waals surface area contributed by atoms with Crippen LogP contribution in [0, 0.1) is 19.8 Å². The number of methoxy groups -OCH3 is 1. The molecule has 1 atom stereocenters. The lowest BCUT2D eigenvalue weighted by Gasteiger charge is -2.17. The first-order valence-corrected chi connectivity index (χ1v) is 7.29. The van der Waals surface area contributed by atoms with Crippen LogP contribution in [0.5, 0.6) is 5.75 Å². The molecule has 0 amide bonds. The lowest BCUT2D eigenvalue weighted by Crippen LogP contribution is -2.15. The van der Waals surface area contributed by atoms with Crippen molar-refractivity contribution >= 4 is 0 Å². The van der Waals surface area contributed by atoms with E-state index in [0.29, 0.717) is 0 Å². The fourth-order valence-electron chi connectivity index (χ4n) is 2.70. The molecule has 1 aromatic heterocycles. The van der Waals surface area contributed by atoms with Crippen molar-refractivity contribution in [2.45, 2.75) is 26.7 Å². The number of aryl methyl sites for hydroxylation is 1. The summed E-state index contributed by atoms with van der Waals surface area (Å²) in [6.45, 7) is 4.19. The van der Waals surface area contributed by atoms with Crippen LogP contribution in [0.2, 0.25) is 0 Å². The summed E-state index contributed by atoms with van der Waals surface area (Å²) in [5.74, 6) is 1.07. The van der Waals surface area contributed by atoms with Gasteiger partial charge >= 0.3 is 0 Å². The number of pyridine rings is 1. The summed E-state index contributed by atoms with van der Waals surface area (Å²) in [6, 6.07) is 10.3. The van der Waals surface area contributed by atoms with Crippen LogP contribution in [0.4, 0.5) is 0 Å².